The van der Waals surface area contributed by atoms with Gasteiger partial charge in [0.15, 0.2) is 0 Å². The molecule has 0 aliphatic heterocycles. The number of hydrogen-bond donors (Lipinski definition) is 1. The minimum absolute atomic E-state index is 0.225. The van der Waals surface area contributed by atoms with E-state index in [9.17, 15) is 4.79 Å². The molecule has 2 rings (SSSR count). The Morgan fingerprint density at radius 3 is 2.79 bits per heavy atom. The summed E-state index contributed by atoms with van der Waals surface area (Å²) in [5.41, 5.74) is 1.55. The van der Waals surface area contributed by atoms with E-state index in [0.29, 0.717) is 21.3 Å². The highest BCUT2D eigenvalue weighted by Gasteiger charge is 2.16. The molecule has 1 aromatic carbocycles. The summed E-state index contributed by atoms with van der Waals surface area (Å²) in [6.07, 6.45) is 0. The number of nitrogens with one attached hydrogen (secondary N) is 1. The van der Waals surface area contributed by atoms with Crippen molar-refractivity contribution in [1.82, 2.24) is 0 Å². The van der Waals surface area contributed by atoms with Crippen LogP contribution in [0.3, 0.4) is 0 Å². The fourth-order valence-electron chi connectivity index (χ4n) is 1.49. The van der Waals surface area contributed by atoms with Crippen LogP contribution in [-0.2, 0) is 0 Å². The first-order valence-corrected chi connectivity index (χ1v) is 7.46. The molecule has 19 heavy (non-hydrogen) atoms. The lowest BCUT2D eigenvalue weighted by Gasteiger charge is -2.08. The van der Waals surface area contributed by atoms with E-state index in [0.717, 1.165) is 10.0 Å². The standard InChI is InChI=1S/C13H11BrClNO2S/c1-7-6-19-12(11(7)15)13(17)16-10-5-8(18-2)3-4-9(10)14/h3-6H,1-2H3,(H,16,17). The van der Waals surface area contributed by atoms with Gasteiger partial charge in [0.05, 0.1) is 17.8 Å². The van der Waals surface area contributed by atoms with Gasteiger partial charge in [0.25, 0.3) is 5.91 Å². The Morgan fingerprint density at radius 2 is 2.21 bits per heavy atom. The molecule has 6 heteroatoms. The second-order valence-electron chi connectivity index (χ2n) is 3.86. The third kappa shape index (κ3) is 3.11. The summed E-state index contributed by atoms with van der Waals surface area (Å²) in [6.45, 7) is 1.87. The highest BCUT2D eigenvalue weighted by molar-refractivity contribution is 9.10. The lowest BCUT2D eigenvalue weighted by atomic mass is 10.3. The molecular formula is C13H11BrClNO2S. The fourth-order valence-corrected chi connectivity index (χ4v) is 3.01. The predicted octanol–water partition coefficient (Wildman–Crippen LogP) is 4.73. The van der Waals surface area contributed by atoms with Crippen LogP contribution in [0.1, 0.15) is 15.2 Å². The van der Waals surface area contributed by atoms with Crippen molar-refractivity contribution in [2.45, 2.75) is 6.92 Å². The molecule has 0 atom stereocenters. The maximum atomic E-state index is 12.2. The number of anilines is 1. The molecule has 3 nitrogen and oxygen atoms in total. The molecule has 0 radical (unpaired) electrons. The van der Waals surface area contributed by atoms with E-state index in [-0.39, 0.29) is 5.91 Å². The topological polar surface area (TPSA) is 38.3 Å². The quantitative estimate of drug-likeness (QED) is 0.859. The first kappa shape index (κ1) is 14.4. The van der Waals surface area contributed by atoms with Crippen LogP contribution >= 0.6 is 38.9 Å². The Kier molecular flexibility index (Phi) is 4.50. The number of rotatable bonds is 3. The molecular weight excluding hydrogens is 350 g/mol. The van der Waals surface area contributed by atoms with Gasteiger partial charge in [-0.1, -0.05) is 11.6 Å². The van der Waals surface area contributed by atoms with Crippen molar-refractivity contribution in [2.24, 2.45) is 0 Å². The number of carbonyl (C=O) groups is 1. The molecule has 100 valence electrons. The molecule has 0 bridgehead atoms. The van der Waals surface area contributed by atoms with Crippen LogP contribution in [-0.4, -0.2) is 13.0 Å². The summed E-state index contributed by atoms with van der Waals surface area (Å²) in [5, 5.41) is 5.18. The summed E-state index contributed by atoms with van der Waals surface area (Å²) in [7, 11) is 1.58. The number of hydrogen-bond acceptors (Lipinski definition) is 3. The maximum Gasteiger partial charge on any atom is 0.267 e. The monoisotopic (exact) mass is 359 g/mol. The number of halogens is 2. The zero-order valence-corrected chi connectivity index (χ0v) is 13.4. The highest BCUT2D eigenvalue weighted by Crippen LogP contribution is 2.31. The van der Waals surface area contributed by atoms with Gasteiger partial charge in [-0.2, -0.15) is 0 Å². The zero-order valence-electron chi connectivity index (χ0n) is 10.3. The second-order valence-corrected chi connectivity index (χ2v) is 5.97. The van der Waals surface area contributed by atoms with Crippen molar-refractivity contribution >= 4 is 50.5 Å². The van der Waals surface area contributed by atoms with Crippen molar-refractivity contribution in [3.05, 3.63) is 43.5 Å². The lowest BCUT2D eigenvalue weighted by Crippen LogP contribution is -2.11. The highest BCUT2D eigenvalue weighted by atomic mass is 79.9. The lowest BCUT2D eigenvalue weighted by molar-refractivity contribution is 0.103. The maximum absolute atomic E-state index is 12.2. The molecule has 0 saturated carbocycles. The SMILES string of the molecule is COc1ccc(Br)c(NC(=O)c2scc(C)c2Cl)c1. The van der Waals surface area contributed by atoms with Crippen molar-refractivity contribution < 1.29 is 9.53 Å². The van der Waals surface area contributed by atoms with E-state index in [1.807, 2.05) is 24.4 Å². The predicted molar refractivity (Wildman–Crippen MR) is 82.7 cm³/mol. The number of amides is 1. The van der Waals surface area contributed by atoms with Crippen LogP contribution in [0.4, 0.5) is 5.69 Å². The normalized spacial score (nSPS) is 10.3. The van der Waals surface area contributed by atoms with E-state index in [2.05, 4.69) is 21.2 Å². The molecule has 0 saturated heterocycles. The van der Waals surface area contributed by atoms with Gasteiger partial charge in [-0.15, -0.1) is 11.3 Å². The van der Waals surface area contributed by atoms with Crippen LogP contribution in [0.25, 0.3) is 0 Å². The Bertz CT molecular complexity index is 627. The molecule has 1 amide bonds. The van der Waals surface area contributed by atoms with Gasteiger partial charge in [0.1, 0.15) is 10.6 Å². The molecule has 0 aliphatic carbocycles. The van der Waals surface area contributed by atoms with Gasteiger partial charge in [0.2, 0.25) is 0 Å². The summed E-state index contributed by atoms with van der Waals surface area (Å²) >= 11 is 10.8. The summed E-state index contributed by atoms with van der Waals surface area (Å²) < 4.78 is 5.91. The number of aryl methyl sites for hydroxylation is 1. The average molecular weight is 361 g/mol. The Labute approximate surface area is 128 Å². The summed E-state index contributed by atoms with van der Waals surface area (Å²) in [4.78, 5) is 12.7. The van der Waals surface area contributed by atoms with E-state index in [1.54, 1.807) is 13.2 Å². The van der Waals surface area contributed by atoms with Crippen LogP contribution in [0.15, 0.2) is 28.1 Å². The van der Waals surface area contributed by atoms with E-state index < -0.39 is 0 Å². The van der Waals surface area contributed by atoms with Crippen molar-refractivity contribution in [2.75, 3.05) is 12.4 Å². The molecule has 2 aromatic rings. The van der Waals surface area contributed by atoms with Crippen LogP contribution in [0.2, 0.25) is 5.02 Å². The number of methoxy groups -OCH3 is 1. The minimum atomic E-state index is -0.225. The Hall–Kier alpha value is -1.04. The Morgan fingerprint density at radius 1 is 1.47 bits per heavy atom. The van der Waals surface area contributed by atoms with Crippen LogP contribution < -0.4 is 10.1 Å². The third-order valence-electron chi connectivity index (χ3n) is 2.53. The van der Waals surface area contributed by atoms with E-state index >= 15 is 0 Å². The van der Waals surface area contributed by atoms with Gasteiger partial charge in [-0.25, -0.2) is 0 Å². The van der Waals surface area contributed by atoms with Crippen molar-refractivity contribution in [3.63, 3.8) is 0 Å². The third-order valence-corrected chi connectivity index (χ3v) is 4.91. The van der Waals surface area contributed by atoms with Crippen molar-refractivity contribution in [1.29, 1.82) is 0 Å². The van der Waals surface area contributed by atoms with Gasteiger partial charge in [-0.05, 0) is 45.9 Å². The Balaban J connectivity index is 2.26. The molecule has 0 fully saturated rings. The van der Waals surface area contributed by atoms with Gasteiger partial charge < -0.3 is 10.1 Å². The molecule has 1 aromatic heterocycles. The first-order valence-electron chi connectivity index (χ1n) is 5.41. The largest absolute Gasteiger partial charge is 0.497 e. The number of benzene rings is 1. The minimum Gasteiger partial charge on any atom is -0.497 e. The van der Waals surface area contributed by atoms with Crippen LogP contribution in [0, 0.1) is 6.92 Å². The summed E-state index contributed by atoms with van der Waals surface area (Å²) in [5.74, 6) is 0.448. The smallest absolute Gasteiger partial charge is 0.267 e. The van der Waals surface area contributed by atoms with Gasteiger partial charge >= 0.3 is 0 Å². The molecule has 0 aliphatic rings. The van der Waals surface area contributed by atoms with Crippen LogP contribution in [0.5, 0.6) is 5.75 Å². The second kappa shape index (κ2) is 5.94. The van der Waals surface area contributed by atoms with Gasteiger partial charge in [0, 0.05) is 10.5 Å². The van der Waals surface area contributed by atoms with E-state index in [4.69, 9.17) is 16.3 Å². The van der Waals surface area contributed by atoms with Crippen molar-refractivity contribution in [3.8, 4) is 5.75 Å². The first-order chi connectivity index (χ1) is 9.02. The van der Waals surface area contributed by atoms with Gasteiger partial charge in [-0.3, -0.25) is 4.79 Å². The zero-order chi connectivity index (χ0) is 14.0. The average Bonchev–Trinajstić information content (AvgIpc) is 2.73. The fraction of sp³-hybridized carbons (Fsp3) is 0.154. The number of thiophene rings is 1. The van der Waals surface area contributed by atoms with E-state index in [1.165, 1.54) is 11.3 Å². The molecule has 1 N–H and O–H groups in total. The molecule has 0 unspecified atom stereocenters. The summed E-state index contributed by atoms with van der Waals surface area (Å²) in [6, 6.07) is 5.37. The molecule has 1 heterocycles. The number of carbonyl (C=O) groups excluding carboxylic acids is 1. The molecule has 0 spiro atoms. The number of ether oxygens (including phenoxy) is 1.